The Morgan fingerprint density at radius 3 is 2.10 bits per heavy atom. The molecule has 41 heavy (non-hydrogen) atoms. The van der Waals surface area contributed by atoms with Crippen LogP contribution in [0.25, 0.3) is 0 Å². The summed E-state index contributed by atoms with van der Waals surface area (Å²) in [6.07, 6.45) is 0. The number of anilines is 1. The average molecular weight is 621 g/mol. The van der Waals surface area contributed by atoms with Crippen molar-refractivity contribution in [2.45, 2.75) is 57.6 Å². The van der Waals surface area contributed by atoms with E-state index in [-0.39, 0.29) is 23.7 Å². The van der Waals surface area contributed by atoms with Gasteiger partial charge in [0.25, 0.3) is 10.0 Å². The zero-order valence-corrected chi connectivity index (χ0v) is 26.1. The zero-order valence-electron chi connectivity index (χ0n) is 23.7. The fraction of sp³-hybridized carbons (Fsp3) is 0.333. The summed E-state index contributed by atoms with van der Waals surface area (Å²) in [5.74, 6) is -0.758. The average Bonchev–Trinajstić information content (AvgIpc) is 2.91. The van der Waals surface area contributed by atoms with Gasteiger partial charge in [-0.25, -0.2) is 8.42 Å². The Morgan fingerprint density at radius 1 is 0.927 bits per heavy atom. The van der Waals surface area contributed by atoms with Crippen molar-refractivity contribution in [3.8, 4) is 5.75 Å². The molecular weight excluding hydrogens is 585 g/mol. The second kappa shape index (κ2) is 13.6. The molecule has 0 bridgehead atoms. The van der Waals surface area contributed by atoms with Gasteiger partial charge in [0.15, 0.2) is 0 Å². The van der Waals surface area contributed by atoms with Gasteiger partial charge < -0.3 is 15.0 Å². The van der Waals surface area contributed by atoms with E-state index < -0.39 is 40.0 Å². The highest BCUT2D eigenvalue weighted by Crippen LogP contribution is 2.33. The predicted molar refractivity (Wildman–Crippen MR) is 163 cm³/mol. The molecule has 0 aliphatic carbocycles. The number of hydrogen-bond acceptors (Lipinski definition) is 5. The minimum Gasteiger partial charge on any atom is -0.492 e. The van der Waals surface area contributed by atoms with Gasteiger partial charge in [0, 0.05) is 27.7 Å². The monoisotopic (exact) mass is 619 g/mol. The van der Waals surface area contributed by atoms with E-state index in [0.717, 1.165) is 4.31 Å². The van der Waals surface area contributed by atoms with Crippen molar-refractivity contribution >= 4 is 50.7 Å². The minimum atomic E-state index is -4.23. The van der Waals surface area contributed by atoms with Crippen molar-refractivity contribution in [2.24, 2.45) is 0 Å². The fourth-order valence-electron chi connectivity index (χ4n) is 4.08. The molecule has 1 atom stereocenters. The molecule has 0 fully saturated rings. The summed E-state index contributed by atoms with van der Waals surface area (Å²) < 4.78 is 34.7. The van der Waals surface area contributed by atoms with Gasteiger partial charge in [-0.2, -0.15) is 0 Å². The highest BCUT2D eigenvalue weighted by molar-refractivity contribution is 7.92. The fourth-order valence-corrected chi connectivity index (χ4v) is 6.05. The van der Waals surface area contributed by atoms with Crippen molar-refractivity contribution in [1.82, 2.24) is 10.2 Å². The summed E-state index contributed by atoms with van der Waals surface area (Å²) in [5.41, 5.74) is 0.0575. The van der Waals surface area contributed by atoms with Crippen LogP contribution in [0.2, 0.25) is 10.0 Å². The normalized spacial score (nSPS) is 12.4. The Hall–Kier alpha value is -3.27. The van der Waals surface area contributed by atoms with Gasteiger partial charge in [-0.05, 0) is 71.0 Å². The number of nitrogens with zero attached hydrogens (tertiary/aromatic N) is 2. The quantitative estimate of drug-likeness (QED) is 0.287. The van der Waals surface area contributed by atoms with Crippen LogP contribution in [0.1, 0.15) is 40.2 Å². The van der Waals surface area contributed by atoms with Gasteiger partial charge in [-0.1, -0.05) is 59.6 Å². The van der Waals surface area contributed by atoms with Crippen LogP contribution in [0, 0.1) is 0 Å². The number of amides is 2. The van der Waals surface area contributed by atoms with Crippen LogP contribution in [0.3, 0.4) is 0 Å². The van der Waals surface area contributed by atoms with E-state index in [1.54, 1.807) is 74.5 Å². The molecule has 3 aromatic rings. The first-order chi connectivity index (χ1) is 19.3. The van der Waals surface area contributed by atoms with Gasteiger partial charge in [0.1, 0.15) is 18.3 Å². The maximum absolute atomic E-state index is 14.1. The first-order valence-corrected chi connectivity index (χ1v) is 15.3. The number of hydrogen-bond donors (Lipinski definition) is 1. The van der Waals surface area contributed by atoms with Crippen LogP contribution >= 0.6 is 23.2 Å². The summed E-state index contributed by atoms with van der Waals surface area (Å²) in [6.45, 7) is 8.38. The summed E-state index contributed by atoms with van der Waals surface area (Å²) in [7, 11) is -4.23. The van der Waals surface area contributed by atoms with Gasteiger partial charge >= 0.3 is 0 Å². The van der Waals surface area contributed by atoms with E-state index in [1.807, 2.05) is 20.8 Å². The van der Waals surface area contributed by atoms with E-state index in [2.05, 4.69) is 5.32 Å². The molecular formula is C30H35Cl2N3O5S. The van der Waals surface area contributed by atoms with Gasteiger partial charge in [0.2, 0.25) is 11.8 Å². The summed E-state index contributed by atoms with van der Waals surface area (Å²) in [5, 5.41) is 3.51. The molecule has 3 rings (SSSR count). The lowest BCUT2D eigenvalue weighted by molar-refractivity contribution is -0.140. The number of sulfonamides is 1. The van der Waals surface area contributed by atoms with Crippen molar-refractivity contribution < 1.29 is 22.7 Å². The van der Waals surface area contributed by atoms with Gasteiger partial charge in [-0.3, -0.25) is 13.9 Å². The van der Waals surface area contributed by atoms with Crippen molar-refractivity contribution in [2.75, 3.05) is 17.5 Å². The first kappa shape index (κ1) is 32.2. The van der Waals surface area contributed by atoms with Crippen LogP contribution in [-0.2, 0) is 26.2 Å². The lowest BCUT2D eigenvalue weighted by atomic mass is 10.1. The van der Waals surface area contributed by atoms with Crippen LogP contribution < -0.4 is 14.4 Å². The number of carbonyl (C=O) groups excluding carboxylic acids is 2. The summed E-state index contributed by atoms with van der Waals surface area (Å²) in [4.78, 5) is 28.7. The standard InChI is InChI=1S/C30H35Cl2N3O5S/c1-6-40-27-18-11-10-17-26(27)35(41(38,39)22-13-8-7-9-14-22)20-28(36)34(21(2)29(37)33-30(3,4)5)19-23-24(31)15-12-16-25(23)32/h7-18,21H,6,19-20H2,1-5H3,(H,33,37)/t21-/m0/s1. The highest BCUT2D eigenvalue weighted by atomic mass is 35.5. The summed E-state index contributed by atoms with van der Waals surface area (Å²) in [6, 6.07) is 18.4. The molecule has 1 N–H and O–H groups in total. The lowest BCUT2D eigenvalue weighted by Crippen LogP contribution is -2.54. The highest BCUT2D eigenvalue weighted by Gasteiger charge is 2.35. The zero-order chi connectivity index (χ0) is 30.4. The molecule has 0 aromatic heterocycles. The van der Waals surface area contributed by atoms with Gasteiger partial charge in [0.05, 0.1) is 17.2 Å². The van der Waals surface area contributed by atoms with Crippen molar-refractivity contribution in [3.63, 3.8) is 0 Å². The second-order valence-electron chi connectivity index (χ2n) is 10.4. The third-order valence-electron chi connectivity index (χ3n) is 6.10. The van der Waals surface area contributed by atoms with E-state index in [4.69, 9.17) is 27.9 Å². The Bertz CT molecular complexity index is 1460. The second-order valence-corrected chi connectivity index (χ2v) is 13.0. The van der Waals surface area contributed by atoms with Crippen molar-refractivity contribution in [3.05, 3.63) is 88.4 Å². The van der Waals surface area contributed by atoms with Crippen LogP contribution in [-0.4, -0.2) is 49.9 Å². The number of nitrogens with one attached hydrogen (secondary N) is 1. The number of carbonyl (C=O) groups is 2. The molecule has 0 saturated heterocycles. The largest absolute Gasteiger partial charge is 0.492 e. The number of ether oxygens (including phenoxy) is 1. The van der Waals surface area contributed by atoms with E-state index >= 15 is 0 Å². The molecule has 220 valence electrons. The molecule has 0 aliphatic rings. The molecule has 0 radical (unpaired) electrons. The topological polar surface area (TPSA) is 96.0 Å². The maximum Gasteiger partial charge on any atom is 0.264 e. The molecule has 3 aromatic carbocycles. The molecule has 11 heteroatoms. The molecule has 0 aliphatic heterocycles. The van der Waals surface area contributed by atoms with Crippen molar-refractivity contribution in [1.29, 1.82) is 0 Å². The van der Waals surface area contributed by atoms with E-state index in [1.165, 1.54) is 17.0 Å². The van der Waals surface area contributed by atoms with Crippen LogP contribution in [0.15, 0.2) is 77.7 Å². The number of halogens is 2. The number of para-hydroxylation sites is 2. The Balaban J connectivity index is 2.12. The summed E-state index contributed by atoms with van der Waals surface area (Å²) >= 11 is 12.9. The molecule has 0 saturated carbocycles. The third-order valence-corrected chi connectivity index (χ3v) is 8.58. The van der Waals surface area contributed by atoms with E-state index in [0.29, 0.717) is 21.4 Å². The SMILES string of the molecule is CCOc1ccccc1N(CC(=O)N(Cc1c(Cl)cccc1Cl)[C@@H](C)C(=O)NC(C)(C)C)S(=O)(=O)c1ccccc1. The van der Waals surface area contributed by atoms with Crippen LogP contribution in [0.5, 0.6) is 5.75 Å². The smallest absolute Gasteiger partial charge is 0.264 e. The molecule has 0 heterocycles. The Morgan fingerprint density at radius 2 is 1.51 bits per heavy atom. The number of benzene rings is 3. The Kier molecular flexibility index (Phi) is 10.7. The predicted octanol–water partition coefficient (Wildman–Crippen LogP) is 5.92. The third kappa shape index (κ3) is 8.15. The first-order valence-electron chi connectivity index (χ1n) is 13.1. The molecule has 8 nitrogen and oxygen atoms in total. The minimum absolute atomic E-state index is 0.00155. The lowest BCUT2D eigenvalue weighted by Gasteiger charge is -2.34. The molecule has 2 amide bonds. The van der Waals surface area contributed by atoms with E-state index in [9.17, 15) is 18.0 Å². The number of rotatable bonds is 11. The molecule has 0 spiro atoms. The van der Waals surface area contributed by atoms with Crippen LogP contribution in [0.4, 0.5) is 5.69 Å². The molecule has 0 unspecified atom stereocenters. The van der Waals surface area contributed by atoms with Gasteiger partial charge in [-0.15, -0.1) is 0 Å². The maximum atomic E-state index is 14.1. The Labute approximate surface area is 252 Å².